The summed E-state index contributed by atoms with van der Waals surface area (Å²) in [5.74, 6) is -1.59. The van der Waals surface area contributed by atoms with Crippen LogP contribution in [0.3, 0.4) is 0 Å². The van der Waals surface area contributed by atoms with Crippen molar-refractivity contribution in [3.05, 3.63) is 107 Å². The molecule has 1 aliphatic rings. The summed E-state index contributed by atoms with van der Waals surface area (Å²) < 4.78 is 18.9. The van der Waals surface area contributed by atoms with Gasteiger partial charge in [0, 0.05) is 28.7 Å². The summed E-state index contributed by atoms with van der Waals surface area (Å²) in [5.41, 5.74) is 3.95. The molecular formula is C29H25FN2O4. The number of halogens is 1. The van der Waals surface area contributed by atoms with Gasteiger partial charge in [0.05, 0.1) is 18.7 Å². The van der Waals surface area contributed by atoms with Crippen molar-refractivity contribution in [3.8, 4) is 5.75 Å². The van der Waals surface area contributed by atoms with Gasteiger partial charge in [-0.25, -0.2) is 4.39 Å². The molecule has 182 valence electrons. The summed E-state index contributed by atoms with van der Waals surface area (Å²) in [7, 11) is 1.53. The largest absolute Gasteiger partial charge is 0.507 e. The summed E-state index contributed by atoms with van der Waals surface area (Å²) in [5, 5.41) is 12.2. The zero-order chi connectivity index (χ0) is 25.4. The molecule has 0 saturated carbocycles. The maximum atomic E-state index is 13.7. The number of aromatic amines is 1. The maximum absolute atomic E-state index is 13.7. The minimum atomic E-state index is -0.849. The summed E-state index contributed by atoms with van der Waals surface area (Å²) in [4.78, 5) is 31.3. The van der Waals surface area contributed by atoms with Crippen LogP contribution in [-0.2, 0) is 16.0 Å². The maximum Gasteiger partial charge on any atom is 0.295 e. The predicted molar refractivity (Wildman–Crippen MR) is 135 cm³/mol. The van der Waals surface area contributed by atoms with Crippen molar-refractivity contribution >= 4 is 28.4 Å². The third-order valence-electron chi connectivity index (χ3n) is 6.72. The number of amides is 1. The number of benzene rings is 3. The Morgan fingerprint density at radius 2 is 1.72 bits per heavy atom. The van der Waals surface area contributed by atoms with Crippen molar-refractivity contribution < 1.29 is 23.8 Å². The number of nitrogens with zero attached hydrogens (tertiary/aromatic N) is 1. The van der Waals surface area contributed by atoms with E-state index in [2.05, 4.69) is 4.98 Å². The summed E-state index contributed by atoms with van der Waals surface area (Å²) in [6, 6.07) is 19.3. The van der Waals surface area contributed by atoms with Gasteiger partial charge in [0.1, 0.15) is 17.3 Å². The van der Waals surface area contributed by atoms with Crippen molar-refractivity contribution in [2.24, 2.45) is 0 Å². The number of ketones is 1. The average molecular weight is 485 g/mol. The van der Waals surface area contributed by atoms with E-state index in [0.29, 0.717) is 23.3 Å². The SMILES string of the molecule is COc1ccc(C(O)=C2C(=O)C(=O)N(CCc3c(C)[nH]c4ccccc34)[C@H]2c2ccc(F)cc2)cc1. The molecule has 7 heteroatoms. The van der Waals surface area contributed by atoms with Crippen molar-refractivity contribution in [2.75, 3.05) is 13.7 Å². The second-order valence-electron chi connectivity index (χ2n) is 8.80. The van der Waals surface area contributed by atoms with Gasteiger partial charge in [0.15, 0.2) is 0 Å². The Hall–Kier alpha value is -4.39. The number of carbonyl (C=O) groups is 2. The van der Waals surface area contributed by atoms with Crippen molar-refractivity contribution in [1.29, 1.82) is 0 Å². The number of aryl methyl sites for hydroxylation is 1. The molecule has 0 spiro atoms. The van der Waals surface area contributed by atoms with E-state index < -0.39 is 23.5 Å². The number of carbonyl (C=O) groups excluding carboxylic acids is 2. The normalized spacial score (nSPS) is 17.2. The standard InChI is InChI=1S/C29H25FN2O4/c1-17-22(23-5-3-4-6-24(23)31-17)15-16-32-26(18-7-11-20(30)12-8-18)25(28(34)29(32)35)27(33)19-9-13-21(36-2)14-10-19/h3-14,26,31,33H,15-16H2,1-2H3/t26-/m0/s1. The van der Waals surface area contributed by atoms with Gasteiger partial charge in [-0.1, -0.05) is 30.3 Å². The number of rotatable bonds is 6. The highest BCUT2D eigenvalue weighted by Crippen LogP contribution is 2.40. The molecule has 1 saturated heterocycles. The second kappa shape index (κ2) is 9.34. The lowest BCUT2D eigenvalue weighted by Gasteiger charge is -2.25. The number of nitrogens with one attached hydrogen (secondary N) is 1. The monoisotopic (exact) mass is 484 g/mol. The van der Waals surface area contributed by atoms with Crippen LogP contribution in [0, 0.1) is 12.7 Å². The number of Topliss-reactive ketones (excluding diaryl/α,β-unsaturated/α-hetero) is 1. The number of para-hydroxylation sites is 1. The number of methoxy groups -OCH3 is 1. The fourth-order valence-electron chi connectivity index (χ4n) is 4.90. The zero-order valence-corrected chi connectivity index (χ0v) is 19.9. The Bertz CT molecular complexity index is 1490. The first kappa shape index (κ1) is 23.4. The van der Waals surface area contributed by atoms with Gasteiger partial charge in [-0.2, -0.15) is 0 Å². The molecular weight excluding hydrogens is 459 g/mol. The van der Waals surface area contributed by atoms with Crippen molar-refractivity contribution in [3.63, 3.8) is 0 Å². The van der Waals surface area contributed by atoms with Gasteiger partial charge in [-0.15, -0.1) is 0 Å². The number of aromatic nitrogens is 1. The number of aliphatic hydroxyl groups is 1. The van der Waals surface area contributed by atoms with Gasteiger partial charge in [0.25, 0.3) is 11.7 Å². The average Bonchev–Trinajstić information content (AvgIpc) is 3.35. The summed E-state index contributed by atoms with van der Waals surface area (Å²) in [6.45, 7) is 2.22. The molecule has 4 aromatic rings. The molecule has 6 nitrogen and oxygen atoms in total. The van der Waals surface area contributed by atoms with Gasteiger partial charge >= 0.3 is 0 Å². The molecule has 1 fully saturated rings. The van der Waals surface area contributed by atoms with Gasteiger partial charge in [0.2, 0.25) is 0 Å². The van der Waals surface area contributed by atoms with Crippen LogP contribution in [0.5, 0.6) is 5.75 Å². The van der Waals surface area contributed by atoms with E-state index in [4.69, 9.17) is 4.74 Å². The molecule has 1 aromatic heterocycles. The highest BCUT2D eigenvalue weighted by molar-refractivity contribution is 6.46. The smallest absolute Gasteiger partial charge is 0.295 e. The van der Waals surface area contributed by atoms with Crippen LogP contribution >= 0.6 is 0 Å². The first-order valence-corrected chi connectivity index (χ1v) is 11.6. The number of H-pyrrole nitrogens is 1. The fraction of sp³-hybridized carbons (Fsp3) is 0.172. The van der Waals surface area contributed by atoms with Crippen LogP contribution in [0.15, 0.2) is 78.4 Å². The lowest BCUT2D eigenvalue weighted by Crippen LogP contribution is -2.31. The quantitative estimate of drug-likeness (QED) is 0.221. The van der Waals surface area contributed by atoms with E-state index in [1.165, 1.54) is 36.3 Å². The lowest BCUT2D eigenvalue weighted by atomic mass is 9.95. The van der Waals surface area contributed by atoms with E-state index >= 15 is 0 Å². The van der Waals surface area contributed by atoms with Crippen molar-refractivity contribution in [1.82, 2.24) is 9.88 Å². The van der Waals surface area contributed by atoms with E-state index in [1.54, 1.807) is 24.3 Å². The molecule has 0 unspecified atom stereocenters. The zero-order valence-electron chi connectivity index (χ0n) is 19.9. The second-order valence-corrected chi connectivity index (χ2v) is 8.80. The molecule has 2 heterocycles. The molecule has 1 atom stereocenters. The molecule has 1 amide bonds. The number of aliphatic hydroxyl groups excluding tert-OH is 1. The molecule has 5 rings (SSSR count). The Morgan fingerprint density at radius 1 is 1.03 bits per heavy atom. The first-order valence-electron chi connectivity index (χ1n) is 11.6. The molecule has 36 heavy (non-hydrogen) atoms. The van der Waals surface area contributed by atoms with Crippen LogP contribution < -0.4 is 4.74 Å². The number of likely N-dealkylation sites (tertiary alicyclic amines) is 1. The van der Waals surface area contributed by atoms with Crippen LogP contribution in [-0.4, -0.2) is 40.3 Å². The van der Waals surface area contributed by atoms with Crippen LogP contribution in [0.4, 0.5) is 4.39 Å². The number of fused-ring (bicyclic) bond motifs is 1. The highest BCUT2D eigenvalue weighted by atomic mass is 19.1. The summed E-state index contributed by atoms with van der Waals surface area (Å²) >= 11 is 0. The molecule has 2 N–H and O–H groups in total. The van der Waals surface area contributed by atoms with Gasteiger partial charge in [-0.3, -0.25) is 9.59 Å². The minimum absolute atomic E-state index is 0.0209. The Morgan fingerprint density at radius 3 is 2.42 bits per heavy atom. The lowest BCUT2D eigenvalue weighted by molar-refractivity contribution is -0.139. The van der Waals surface area contributed by atoms with Gasteiger partial charge in [-0.05, 0) is 66.9 Å². The molecule has 0 bridgehead atoms. The Balaban J connectivity index is 1.57. The highest BCUT2D eigenvalue weighted by Gasteiger charge is 2.45. The van der Waals surface area contributed by atoms with E-state index in [1.807, 2.05) is 31.2 Å². The predicted octanol–water partition coefficient (Wildman–Crippen LogP) is 5.29. The van der Waals surface area contributed by atoms with E-state index in [0.717, 1.165) is 22.2 Å². The molecule has 0 aliphatic carbocycles. The molecule has 1 aliphatic heterocycles. The van der Waals surface area contributed by atoms with Crippen LogP contribution in [0.25, 0.3) is 16.7 Å². The third-order valence-corrected chi connectivity index (χ3v) is 6.72. The number of hydrogen-bond donors (Lipinski definition) is 2. The Kier molecular flexibility index (Phi) is 6.06. The van der Waals surface area contributed by atoms with Crippen molar-refractivity contribution in [2.45, 2.75) is 19.4 Å². The van der Waals surface area contributed by atoms with E-state index in [-0.39, 0.29) is 17.9 Å². The van der Waals surface area contributed by atoms with Crippen LogP contribution in [0.2, 0.25) is 0 Å². The Labute approximate surface area is 207 Å². The third kappa shape index (κ3) is 4.02. The fourth-order valence-corrected chi connectivity index (χ4v) is 4.90. The number of ether oxygens (including phenoxy) is 1. The summed E-state index contributed by atoms with van der Waals surface area (Å²) in [6.07, 6.45) is 0.503. The topological polar surface area (TPSA) is 82.6 Å². The van der Waals surface area contributed by atoms with E-state index in [9.17, 15) is 19.1 Å². The minimum Gasteiger partial charge on any atom is -0.507 e. The van der Waals surface area contributed by atoms with Crippen LogP contribution in [0.1, 0.15) is 28.4 Å². The molecule has 0 radical (unpaired) electrons. The molecule has 3 aromatic carbocycles. The van der Waals surface area contributed by atoms with Gasteiger partial charge < -0.3 is 19.7 Å². The first-order chi connectivity index (χ1) is 17.4. The number of hydrogen-bond acceptors (Lipinski definition) is 4.